The van der Waals surface area contributed by atoms with E-state index >= 15 is 0 Å². The molecule has 0 spiro atoms. The predicted octanol–water partition coefficient (Wildman–Crippen LogP) is 1.23. The number of likely N-dealkylation sites (N-methyl/N-ethyl adjacent to an activating group) is 2. The summed E-state index contributed by atoms with van der Waals surface area (Å²) >= 11 is 1.78. The van der Waals surface area contributed by atoms with E-state index in [-0.39, 0.29) is 48.4 Å². The van der Waals surface area contributed by atoms with Gasteiger partial charge in [-0.25, -0.2) is 4.99 Å². The van der Waals surface area contributed by atoms with Gasteiger partial charge in [0.25, 0.3) is 0 Å². The van der Waals surface area contributed by atoms with Gasteiger partial charge in [-0.3, -0.25) is 14.5 Å². The molecule has 1 aromatic carbocycles. The summed E-state index contributed by atoms with van der Waals surface area (Å²) in [6.07, 6.45) is 1.86. The number of piperidine rings is 1. The first-order valence-corrected chi connectivity index (χ1v) is 11.3. The van der Waals surface area contributed by atoms with E-state index in [1.807, 2.05) is 18.2 Å². The molecule has 0 aliphatic carbocycles. The van der Waals surface area contributed by atoms with Crippen LogP contribution in [0.4, 0.5) is 0 Å². The zero-order valence-corrected chi connectivity index (χ0v) is 21.7. The fraction of sp³-hybridized carbons (Fsp3) is 0.571. The molecule has 174 valence electrons. The normalized spacial score (nSPS) is 15.0. The van der Waals surface area contributed by atoms with E-state index in [4.69, 9.17) is 0 Å². The van der Waals surface area contributed by atoms with Crippen molar-refractivity contribution in [2.45, 2.75) is 23.8 Å². The molecule has 0 aromatic heterocycles. The number of benzene rings is 1. The molecule has 1 heterocycles. The molecule has 1 fully saturated rings. The summed E-state index contributed by atoms with van der Waals surface area (Å²) in [5.74, 6) is 1.58. The number of amides is 2. The molecular weight excluding hydrogens is 527 g/mol. The molecule has 0 radical (unpaired) electrons. The van der Waals surface area contributed by atoms with E-state index in [1.54, 1.807) is 37.8 Å². The maximum absolute atomic E-state index is 11.9. The quantitative estimate of drug-likeness (QED) is 0.138. The summed E-state index contributed by atoms with van der Waals surface area (Å²) in [7, 11) is 5.13. The third kappa shape index (κ3) is 11.1. The zero-order valence-electron chi connectivity index (χ0n) is 18.6. The second-order valence-corrected chi connectivity index (χ2v) is 8.58. The Morgan fingerprint density at radius 2 is 1.87 bits per heavy atom. The Bertz CT molecular complexity index is 696. The van der Waals surface area contributed by atoms with Gasteiger partial charge in [0.15, 0.2) is 5.96 Å². The molecule has 2 rings (SSSR count). The third-order valence-corrected chi connectivity index (χ3v) is 5.87. The van der Waals surface area contributed by atoms with Gasteiger partial charge in [0.05, 0.1) is 6.54 Å². The van der Waals surface area contributed by atoms with Crippen molar-refractivity contribution in [2.75, 3.05) is 59.6 Å². The molecule has 8 nitrogen and oxygen atoms in total. The molecule has 0 saturated carbocycles. The summed E-state index contributed by atoms with van der Waals surface area (Å²) in [6.45, 7) is 3.02. The lowest BCUT2D eigenvalue weighted by Crippen LogP contribution is -2.50. The van der Waals surface area contributed by atoms with Crippen LogP contribution in [0.15, 0.2) is 40.2 Å². The number of nitrogens with zero attached hydrogens (tertiary/aromatic N) is 3. The molecule has 1 aromatic rings. The van der Waals surface area contributed by atoms with Crippen LogP contribution in [0.2, 0.25) is 0 Å². The summed E-state index contributed by atoms with van der Waals surface area (Å²) < 4.78 is 0. The number of rotatable bonds is 9. The van der Waals surface area contributed by atoms with Gasteiger partial charge in [0, 0.05) is 57.5 Å². The van der Waals surface area contributed by atoms with E-state index in [0.29, 0.717) is 12.5 Å². The zero-order chi connectivity index (χ0) is 21.8. The molecule has 3 N–H and O–H groups in total. The van der Waals surface area contributed by atoms with Crippen molar-refractivity contribution in [2.24, 2.45) is 4.99 Å². The molecule has 0 bridgehead atoms. The summed E-state index contributed by atoms with van der Waals surface area (Å²) in [6, 6.07) is 10.5. The average Bonchev–Trinajstić information content (AvgIpc) is 2.76. The number of hydrogen-bond acceptors (Lipinski definition) is 5. The monoisotopic (exact) mass is 562 g/mol. The van der Waals surface area contributed by atoms with Crippen LogP contribution < -0.4 is 16.0 Å². The minimum Gasteiger partial charge on any atom is -0.358 e. The van der Waals surface area contributed by atoms with Crippen molar-refractivity contribution >= 4 is 53.5 Å². The number of carbonyl (C=O) groups is 2. The van der Waals surface area contributed by atoms with Crippen molar-refractivity contribution in [1.82, 2.24) is 25.8 Å². The first-order chi connectivity index (χ1) is 14.5. The van der Waals surface area contributed by atoms with Gasteiger partial charge in [0.2, 0.25) is 11.8 Å². The highest BCUT2D eigenvalue weighted by Crippen LogP contribution is 2.15. The van der Waals surface area contributed by atoms with Gasteiger partial charge < -0.3 is 20.9 Å². The Hall–Kier alpha value is -1.53. The third-order valence-electron chi connectivity index (χ3n) is 4.85. The van der Waals surface area contributed by atoms with Gasteiger partial charge in [-0.15, -0.1) is 35.7 Å². The molecule has 1 aliphatic heterocycles. The van der Waals surface area contributed by atoms with Gasteiger partial charge in [-0.05, 0) is 25.0 Å². The van der Waals surface area contributed by atoms with Crippen molar-refractivity contribution in [1.29, 1.82) is 0 Å². The van der Waals surface area contributed by atoms with Crippen LogP contribution in [0, 0.1) is 0 Å². The molecule has 1 aliphatic rings. The number of nitrogens with one attached hydrogen (secondary N) is 3. The lowest BCUT2D eigenvalue weighted by atomic mass is 10.1. The maximum Gasteiger partial charge on any atom is 0.243 e. The number of thioether (sulfide) groups is 1. The van der Waals surface area contributed by atoms with Crippen molar-refractivity contribution < 1.29 is 9.59 Å². The van der Waals surface area contributed by atoms with Gasteiger partial charge in [-0.2, -0.15) is 0 Å². The van der Waals surface area contributed by atoms with E-state index in [0.717, 1.165) is 38.2 Å². The highest BCUT2D eigenvalue weighted by atomic mass is 127. The summed E-state index contributed by atoms with van der Waals surface area (Å²) in [4.78, 5) is 32.9. The first kappa shape index (κ1) is 27.5. The minimum atomic E-state index is -0.0323. The molecule has 10 heteroatoms. The Morgan fingerprint density at radius 3 is 2.48 bits per heavy atom. The largest absolute Gasteiger partial charge is 0.358 e. The fourth-order valence-electron chi connectivity index (χ4n) is 3.01. The Labute approximate surface area is 207 Å². The molecule has 1 saturated heterocycles. The topological polar surface area (TPSA) is 89.1 Å². The summed E-state index contributed by atoms with van der Waals surface area (Å²) in [5.41, 5.74) is 0. The van der Waals surface area contributed by atoms with E-state index < -0.39 is 0 Å². The van der Waals surface area contributed by atoms with Gasteiger partial charge in [0.1, 0.15) is 6.54 Å². The first-order valence-electron chi connectivity index (χ1n) is 10.3. The predicted molar refractivity (Wildman–Crippen MR) is 138 cm³/mol. The second-order valence-electron chi connectivity index (χ2n) is 7.41. The van der Waals surface area contributed by atoms with Gasteiger partial charge >= 0.3 is 0 Å². The number of carbonyl (C=O) groups excluding carboxylic acids is 2. The molecule has 0 atom stereocenters. The number of halogens is 1. The Morgan fingerprint density at radius 1 is 1.19 bits per heavy atom. The number of guanidine groups is 1. The van der Waals surface area contributed by atoms with Crippen LogP contribution in [-0.4, -0.2) is 93.2 Å². The Kier molecular flexibility index (Phi) is 13.6. The smallest absolute Gasteiger partial charge is 0.243 e. The molecule has 31 heavy (non-hydrogen) atoms. The van der Waals surface area contributed by atoms with Gasteiger partial charge in [-0.1, -0.05) is 18.2 Å². The average molecular weight is 563 g/mol. The lowest BCUT2D eigenvalue weighted by Gasteiger charge is -2.32. The van der Waals surface area contributed by atoms with Crippen LogP contribution in [0.1, 0.15) is 12.8 Å². The fourth-order valence-corrected chi connectivity index (χ4v) is 3.80. The van der Waals surface area contributed by atoms with Crippen LogP contribution in [0.5, 0.6) is 0 Å². The van der Waals surface area contributed by atoms with Crippen molar-refractivity contribution in [3.05, 3.63) is 30.3 Å². The highest BCUT2D eigenvalue weighted by Gasteiger charge is 2.21. The van der Waals surface area contributed by atoms with Crippen LogP contribution in [0.25, 0.3) is 0 Å². The summed E-state index contributed by atoms with van der Waals surface area (Å²) in [5, 5.41) is 9.49. The SMILES string of the molecule is CNC(=O)CN1CCC(NC(=NCC(=O)N(C)C)NCCSc2ccccc2)CC1.I. The number of aliphatic imine (C=N–C) groups is 1. The van der Waals surface area contributed by atoms with E-state index in [2.05, 4.69) is 38.0 Å². The van der Waals surface area contributed by atoms with E-state index in [9.17, 15) is 9.59 Å². The molecule has 0 unspecified atom stereocenters. The van der Waals surface area contributed by atoms with Crippen molar-refractivity contribution in [3.63, 3.8) is 0 Å². The minimum absolute atomic E-state index is 0. The molecule has 2 amide bonds. The van der Waals surface area contributed by atoms with E-state index in [1.165, 1.54) is 4.90 Å². The van der Waals surface area contributed by atoms with Crippen LogP contribution in [-0.2, 0) is 9.59 Å². The number of likely N-dealkylation sites (tertiary alicyclic amines) is 1. The standard InChI is InChI=1S/C21H34N6O2S.HI/c1-22-19(28)16-27-12-9-17(10-13-27)25-21(24-15-20(29)26(2)3)23-11-14-30-18-7-5-4-6-8-18;/h4-8,17H,9-16H2,1-3H3,(H,22,28)(H2,23,24,25);1H. The maximum atomic E-state index is 11.9. The lowest BCUT2D eigenvalue weighted by molar-refractivity contribution is -0.127. The molecular formula is C21H35IN6O2S. The highest BCUT2D eigenvalue weighted by molar-refractivity contribution is 14.0. The van der Waals surface area contributed by atoms with Crippen molar-refractivity contribution in [3.8, 4) is 0 Å². The van der Waals surface area contributed by atoms with Crippen LogP contribution in [0.3, 0.4) is 0 Å². The second kappa shape index (κ2) is 15.3. The Balaban J connectivity index is 0.00000480. The number of hydrogen-bond donors (Lipinski definition) is 3. The van der Waals surface area contributed by atoms with Crippen LogP contribution >= 0.6 is 35.7 Å².